The Morgan fingerprint density at radius 3 is 2.48 bits per heavy atom. The van der Waals surface area contributed by atoms with Gasteiger partial charge >= 0.3 is 0 Å². The van der Waals surface area contributed by atoms with E-state index in [9.17, 15) is 0 Å². The van der Waals surface area contributed by atoms with Crippen molar-refractivity contribution in [2.75, 3.05) is 14.2 Å². The molecule has 2 rings (SSSR count). The van der Waals surface area contributed by atoms with E-state index in [2.05, 4.69) is 36.5 Å². The number of rotatable bonds is 6. The van der Waals surface area contributed by atoms with Gasteiger partial charge in [-0.25, -0.2) is 0 Å². The van der Waals surface area contributed by atoms with Crippen LogP contribution in [-0.2, 0) is 6.42 Å². The zero-order valence-electron chi connectivity index (χ0n) is 12.8. The molecule has 2 nitrogen and oxygen atoms in total. The van der Waals surface area contributed by atoms with Gasteiger partial charge in [0.25, 0.3) is 0 Å². The summed E-state index contributed by atoms with van der Waals surface area (Å²) in [6, 6.07) is 14.7. The number of hydrogen-bond acceptors (Lipinski definition) is 2. The average Bonchev–Trinajstić information content (AvgIpc) is 2.51. The molecule has 0 radical (unpaired) electrons. The summed E-state index contributed by atoms with van der Waals surface area (Å²) < 4.78 is 5.19. The highest BCUT2D eigenvalue weighted by Gasteiger charge is 2.12. The summed E-state index contributed by atoms with van der Waals surface area (Å²) in [6.07, 6.45) is 2.05. The number of ether oxygens (including phenoxy) is 1. The SMILES string of the molecule is CNC(CCc1ccc(OC)cc1)c1cc(Cl)ccc1C. The molecule has 3 heteroatoms. The molecule has 0 aliphatic carbocycles. The maximum atomic E-state index is 6.13. The highest BCUT2D eigenvalue weighted by Crippen LogP contribution is 2.25. The molecule has 21 heavy (non-hydrogen) atoms. The predicted octanol–water partition coefficient (Wildman–Crippen LogP) is 4.55. The number of methoxy groups -OCH3 is 1. The van der Waals surface area contributed by atoms with Crippen LogP contribution in [-0.4, -0.2) is 14.2 Å². The van der Waals surface area contributed by atoms with E-state index in [1.807, 2.05) is 25.2 Å². The van der Waals surface area contributed by atoms with Crippen LogP contribution in [0.1, 0.15) is 29.2 Å². The Morgan fingerprint density at radius 2 is 1.86 bits per heavy atom. The summed E-state index contributed by atoms with van der Waals surface area (Å²) in [7, 11) is 3.69. The summed E-state index contributed by atoms with van der Waals surface area (Å²) in [6.45, 7) is 2.13. The molecule has 0 fully saturated rings. The molecule has 1 atom stereocenters. The zero-order chi connectivity index (χ0) is 15.2. The first-order valence-corrected chi connectivity index (χ1v) is 7.58. The summed E-state index contributed by atoms with van der Waals surface area (Å²) >= 11 is 6.13. The van der Waals surface area contributed by atoms with Gasteiger partial charge in [0.2, 0.25) is 0 Å². The Hall–Kier alpha value is -1.51. The molecule has 0 saturated heterocycles. The van der Waals surface area contributed by atoms with Crippen molar-refractivity contribution in [3.05, 3.63) is 64.2 Å². The molecule has 0 amide bonds. The lowest BCUT2D eigenvalue weighted by molar-refractivity contribution is 0.414. The van der Waals surface area contributed by atoms with Gasteiger partial charge in [0, 0.05) is 11.1 Å². The van der Waals surface area contributed by atoms with Gasteiger partial charge in [-0.05, 0) is 67.8 Å². The standard InChI is InChI=1S/C18H22ClNO/c1-13-4-8-15(19)12-17(13)18(20-2)11-7-14-5-9-16(21-3)10-6-14/h4-6,8-10,12,18,20H,7,11H2,1-3H3. The van der Waals surface area contributed by atoms with Crippen molar-refractivity contribution in [2.45, 2.75) is 25.8 Å². The molecular formula is C18H22ClNO. The van der Waals surface area contributed by atoms with E-state index in [1.165, 1.54) is 16.7 Å². The van der Waals surface area contributed by atoms with Gasteiger partial charge in [-0.3, -0.25) is 0 Å². The minimum Gasteiger partial charge on any atom is -0.497 e. The van der Waals surface area contributed by atoms with E-state index in [0.29, 0.717) is 6.04 Å². The molecular weight excluding hydrogens is 282 g/mol. The molecule has 0 spiro atoms. The molecule has 1 unspecified atom stereocenters. The summed E-state index contributed by atoms with van der Waals surface area (Å²) in [5.41, 5.74) is 3.86. The maximum absolute atomic E-state index is 6.13. The van der Waals surface area contributed by atoms with Crippen LogP contribution < -0.4 is 10.1 Å². The van der Waals surface area contributed by atoms with Crippen molar-refractivity contribution in [3.63, 3.8) is 0 Å². The van der Waals surface area contributed by atoms with E-state index >= 15 is 0 Å². The molecule has 0 aliphatic heterocycles. The zero-order valence-corrected chi connectivity index (χ0v) is 13.6. The minimum atomic E-state index is 0.311. The quantitative estimate of drug-likeness (QED) is 0.845. The van der Waals surface area contributed by atoms with Gasteiger partial charge in [-0.15, -0.1) is 0 Å². The van der Waals surface area contributed by atoms with E-state index in [-0.39, 0.29) is 0 Å². The summed E-state index contributed by atoms with van der Waals surface area (Å²) in [4.78, 5) is 0. The summed E-state index contributed by atoms with van der Waals surface area (Å²) in [5, 5.41) is 4.19. The Labute approximate surface area is 132 Å². The number of halogens is 1. The van der Waals surface area contributed by atoms with Crippen LogP contribution in [0.15, 0.2) is 42.5 Å². The number of benzene rings is 2. The first kappa shape index (κ1) is 15.9. The third-order valence-electron chi connectivity index (χ3n) is 3.85. The van der Waals surface area contributed by atoms with Crippen LogP contribution >= 0.6 is 11.6 Å². The molecule has 0 saturated carbocycles. The first-order valence-electron chi connectivity index (χ1n) is 7.20. The topological polar surface area (TPSA) is 21.3 Å². The van der Waals surface area contributed by atoms with E-state index in [0.717, 1.165) is 23.6 Å². The van der Waals surface area contributed by atoms with Crippen LogP contribution in [0.25, 0.3) is 0 Å². The maximum Gasteiger partial charge on any atom is 0.118 e. The van der Waals surface area contributed by atoms with Crippen LogP contribution in [0.5, 0.6) is 5.75 Å². The smallest absolute Gasteiger partial charge is 0.118 e. The Bertz CT molecular complexity index is 580. The minimum absolute atomic E-state index is 0.311. The van der Waals surface area contributed by atoms with Crippen molar-refractivity contribution in [2.24, 2.45) is 0 Å². The van der Waals surface area contributed by atoms with Crippen LogP contribution in [0.2, 0.25) is 5.02 Å². The lowest BCUT2D eigenvalue weighted by Crippen LogP contribution is -2.18. The molecule has 2 aromatic carbocycles. The fourth-order valence-electron chi connectivity index (χ4n) is 2.55. The molecule has 112 valence electrons. The third-order valence-corrected chi connectivity index (χ3v) is 4.08. The second kappa shape index (κ2) is 7.48. The molecule has 0 aliphatic rings. The Kier molecular flexibility index (Phi) is 5.66. The molecule has 0 heterocycles. The van der Waals surface area contributed by atoms with Crippen LogP contribution in [0.4, 0.5) is 0 Å². The number of hydrogen-bond donors (Lipinski definition) is 1. The van der Waals surface area contributed by atoms with Crippen LogP contribution in [0.3, 0.4) is 0 Å². The second-order valence-corrected chi connectivity index (χ2v) is 5.67. The monoisotopic (exact) mass is 303 g/mol. The van der Waals surface area contributed by atoms with Gasteiger partial charge in [0.05, 0.1) is 7.11 Å². The van der Waals surface area contributed by atoms with E-state index in [1.54, 1.807) is 7.11 Å². The van der Waals surface area contributed by atoms with Gasteiger partial charge < -0.3 is 10.1 Å². The molecule has 0 bridgehead atoms. The van der Waals surface area contributed by atoms with Crippen molar-refractivity contribution >= 4 is 11.6 Å². The lowest BCUT2D eigenvalue weighted by atomic mass is 9.95. The van der Waals surface area contributed by atoms with Gasteiger partial charge in [-0.2, -0.15) is 0 Å². The lowest BCUT2D eigenvalue weighted by Gasteiger charge is -2.19. The summed E-state index contributed by atoms with van der Waals surface area (Å²) in [5.74, 6) is 0.898. The van der Waals surface area contributed by atoms with E-state index < -0.39 is 0 Å². The third kappa shape index (κ3) is 4.23. The predicted molar refractivity (Wildman–Crippen MR) is 89.3 cm³/mol. The normalized spacial score (nSPS) is 12.2. The Balaban J connectivity index is 2.06. The fraction of sp³-hybridized carbons (Fsp3) is 0.333. The largest absolute Gasteiger partial charge is 0.497 e. The average molecular weight is 304 g/mol. The van der Waals surface area contributed by atoms with Gasteiger partial charge in [-0.1, -0.05) is 29.8 Å². The molecule has 0 aromatic heterocycles. The number of aryl methyl sites for hydroxylation is 2. The number of nitrogens with one attached hydrogen (secondary N) is 1. The van der Waals surface area contributed by atoms with Gasteiger partial charge in [0.1, 0.15) is 5.75 Å². The highest BCUT2D eigenvalue weighted by molar-refractivity contribution is 6.30. The van der Waals surface area contributed by atoms with Crippen molar-refractivity contribution in [3.8, 4) is 5.75 Å². The highest BCUT2D eigenvalue weighted by atomic mass is 35.5. The second-order valence-electron chi connectivity index (χ2n) is 5.23. The first-order chi connectivity index (χ1) is 10.1. The molecule has 2 aromatic rings. The van der Waals surface area contributed by atoms with Crippen molar-refractivity contribution < 1.29 is 4.74 Å². The fourth-order valence-corrected chi connectivity index (χ4v) is 2.73. The van der Waals surface area contributed by atoms with Crippen molar-refractivity contribution in [1.29, 1.82) is 0 Å². The van der Waals surface area contributed by atoms with E-state index in [4.69, 9.17) is 16.3 Å². The Morgan fingerprint density at radius 1 is 1.14 bits per heavy atom. The van der Waals surface area contributed by atoms with Gasteiger partial charge in [0.15, 0.2) is 0 Å². The molecule has 1 N–H and O–H groups in total. The van der Waals surface area contributed by atoms with Crippen molar-refractivity contribution in [1.82, 2.24) is 5.32 Å². The van der Waals surface area contributed by atoms with Crippen LogP contribution in [0, 0.1) is 6.92 Å².